The van der Waals surface area contributed by atoms with Crippen molar-refractivity contribution in [3.8, 4) is 0 Å². The summed E-state index contributed by atoms with van der Waals surface area (Å²) in [5.41, 5.74) is 0. The molecule has 0 aromatic rings. The van der Waals surface area contributed by atoms with Crippen LogP contribution in [0.15, 0.2) is 0 Å². The number of hydrogen-bond donors (Lipinski definition) is 0. The fraction of sp³-hybridized carbons (Fsp3) is 1.00. The van der Waals surface area contributed by atoms with E-state index in [4.69, 9.17) is 4.84 Å². The summed E-state index contributed by atoms with van der Waals surface area (Å²) in [6.07, 6.45) is 4.13. The smallest absolute Gasteiger partial charge is 0.0811 e. The highest BCUT2D eigenvalue weighted by atomic mass is 16.7. The van der Waals surface area contributed by atoms with E-state index in [2.05, 4.69) is 4.90 Å². The van der Waals surface area contributed by atoms with E-state index in [1.165, 1.54) is 32.4 Å². The molecule has 0 bridgehead atoms. The molecule has 0 saturated carbocycles. The first kappa shape index (κ1) is 9.96. The molecule has 0 amide bonds. The van der Waals surface area contributed by atoms with Crippen molar-refractivity contribution < 1.29 is 4.84 Å². The molecule has 0 radical (unpaired) electrons. The molecular formula is C9H20N2O. The van der Waals surface area contributed by atoms with Gasteiger partial charge in [0.1, 0.15) is 0 Å². The largest absolute Gasteiger partial charge is 0.301 e. The van der Waals surface area contributed by atoms with Gasteiger partial charge >= 0.3 is 0 Å². The molecule has 12 heavy (non-hydrogen) atoms. The van der Waals surface area contributed by atoms with Crippen LogP contribution < -0.4 is 0 Å². The molecule has 1 rings (SSSR count). The minimum Gasteiger partial charge on any atom is -0.301 e. The summed E-state index contributed by atoms with van der Waals surface area (Å²) in [7, 11) is 3.85. The molecule has 0 aliphatic carbocycles. The third-order valence-electron chi connectivity index (χ3n) is 2.21. The van der Waals surface area contributed by atoms with Crippen LogP contribution in [0.25, 0.3) is 0 Å². The maximum atomic E-state index is 5.34. The normalized spacial score (nSPS) is 20.2. The molecule has 72 valence electrons. The Bertz CT molecular complexity index is 111. The highest BCUT2D eigenvalue weighted by molar-refractivity contribution is 4.63. The highest BCUT2D eigenvalue weighted by Crippen LogP contribution is 2.07. The average molecular weight is 172 g/mol. The van der Waals surface area contributed by atoms with Crippen molar-refractivity contribution in [3.05, 3.63) is 0 Å². The zero-order valence-corrected chi connectivity index (χ0v) is 8.25. The Kier molecular flexibility index (Phi) is 4.58. The zero-order chi connectivity index (χ0) is 8.81. The van der Waals surface area contributed by atoms with Gasteiger partial charge in [-0.05, 0) is 25.9 Å². The molecule has 3 nitrogen and oxygen atoms in total. The molecule has 0 aromatic carbocycles. The van der Waals surface area contributed by atoms with Gasteiger partial charge in [-0.3, -0.25) is 4.84 Å². The van der Waals surface area contributed by atoms with Crippen molar-refractivity contribution >= 4 is 0 Å². The van der Waals surface area contributed by atoms with Crippen LogP contribution in [0.1, 0.15) is 19.3 Å². The third kappa shape index (κ3) is 4.04. The predicted octanol–water partition coefficient (Wildman–Crippen LogP) is 0.965. The van der Waals surface area contributed by atoms with Gasteiger partial charge in [-0.2, -0.15) is 5.06 Å². The van der Waals surface area contributed by atoms with Crippen LogP contribution in [-0.4, -0.2) is 50.3 Å². The molecule has 0 unspecified atom stereocenters. The fourth-order valence-electron chi connectivity index (χ4n) is 1.54. The Balaban J connectivity index is 1.98. The quantitative estimate of drug-likeness (QED) is 0.588. The Morgan fingerprint density at radius 3 is 2.42 bits per heavy atom. The SMILES string of the molecule is CN(C)OCCN1CCCCC1. The van der Waals surface area contributed by atoms with Crippen molar-refractivity contribution in [1.82, 2.24) is 9.96 Å². The van der Waals surface area contributed by atoms with E-state index in [9.17, 15) is 0 Å². The van der Waals surface area contributed by atoms with Gasteiger partial charge < -0.3 is 4.90 Å². The van der Waals surface area contributed by atoms with Crippen molar-refractivity contribution in [1.29, 1.82) is 0 Å². The zero-order valence-electron chi connectivity index (χ0n) is 8.25. The summed E-state index contributed by atoms with van der Waals surface area (Å²) >= 11 is 0. The first-order valence-corrected chi connectivity index (χ1v) is 4.81. The van der Waals surface area contributed by atoms with Crippen molar-refractivity contribution in [2.45, 2.75) is 19.3 Å². The fourth-order valence-corrected chi connectivity index (χ4v) is 1.54. The van der Waals surface area contributed by atoms with E-state index in [-0.39, 0.29) is 0 Å². The van der Waals surface area contributed by atoms with E-state index in [1.54, 1.807) is 5.06 Å². The van der Waals surface area contributed by atoms with Crippen LogP contribution in [0.2, 0.25) is 0 Å². The second-order valence-corrected chi connectivity index (χ2v) is 3.55. The lowest BCUT2D eigenvalue weighted by molar-refractivity contribution is -0.124. The number of likely N-dealkylation sites (tertiary alicyclic amines) is 1. The summed E-state index contributed by atoms with van der Waals surface area (Å²) in [6, 6.07) is 0. The first-order valence-electron chi connectivity index (χ1n) is 4.81. The first-order chi connectivity index (χ1) is 5.79. The van der Waals surface area contributed by atoms with E-state index < -0.39 is 0 Å². The average Bonchev–Trinajstić information content (AvgIpc) is 2.05. The lowest BCUT2D eigenvalue weighted by Gasteiger charge is -2.26. The molecule has 0 aromatic heterocycles. The molecule has 1 saturated heterocycles. The molecule has 3 heteroatoms. The van der Waals surface area contributed by atoms with Gasteiger partial charge in [0.2, 0.25) is 0 Å². The van der Waals surface area contributed by atoms with Gasteiger partial charge in [-0.1, -0.05) is 6.42 Å². The van der Waals surface area contributed by atoms with E-state index in [0.717, 1.165) is 13.2 Å². The summed E-state index contributed by atoms with van der Waals surface area (Å²) in [5.74, 6) is 0. The Labute approximate surface area is 75.2 Å². The third-order valence-corrected chi connectivity index (χ3v) is 2.21. The minimum absolute atomic E-state index is 0.826. The number of piperidine rings is 1. The number of hydroxylamine groups is 2. The maximum Gasteiger partial charge on any atom is 0.0811 e. The molecule has 0 spiro atoms. The van der Waals surface area contributed by atoms with Gasteiger partial charge in [0.15, 0.2) is 0 Å². The minimum atomic E-state index is 0.826. The second kappa shape index (κ2) is 5.51. The molecule has 1 aliphatic heterocycles. The monoisotopic (exact) mass is 172 g/mol. The van der Waals surface area contributed by atoms with Gasteiger partial charge in [-0.15, -0.1) is 0 Å². The van der Waals surface area contributed by atoms with Crippen molar-refractivity contribution in [3.63, 3.8) is 0 Å². The summed E-state index contributed by atoms with van der Waals surface area (Å²) in [5, 5.41) is 1.77. The molecule has 1 aliphatic rings. The number of nitrogens with zero attached hydrogens (tertiary/aromatic N) is 2. The topological polar surface area (TPSA) is 15.7 Å². The van der Waals surface area contributed by atoms with Crippen LogP contribution in [0.5, 0.6) is 0 Å². The number of hydrogen-bond acceptors (Lipinski definition) is 3. The molecule has 0 N–H and O–H groups in total. The van der Waals surface area contributed by atoms with Crippen LogP contribution in [0.4, 0.5) is 0 Å². The Morgan fingerprint density at radius 1 is 1.17 bits per heavy atom. The van der Waals surface area contributed by atoms with E-state index >= 15 is 0 Å². The van der Waals surface area contributed by atoms with E-state index in [1.807, 2.05) is 14.1 Å². The Hall–Kier alpha value is -0.120. The Morgan fingerprint density at radius 2 is 1.83 bits per heavy atom. The standard InChI is InChI=1S/C9H20N2O/c1-10(2)12-9-8-11-6-4-3-5-7-11/h3-9H2,1-2H3. The predicted molar refractivity (Wildman–Crippen MR) is 49.9 cm³/mol. The van der Waals surface area contributed by atoms with Crippen LogP contribution >= 0.6 is 0 Å². The van der Waals surface area contributed by atoms with Crippen LogP contribution in [-0.2, 0) is 4.84 Å². The number of rotatable bonds is 4. The van der Waals surface area contributed by atoms with Crippen LogP contribution in [0.3, 0.4) is 0 Å². The molecular weight excluding hydrogens is 152 g/mol. The lowest BCUT2D eigenvalue weighted by atomic mass is 10.1. The maximum absolute atomic E-state index is 5.34. The van der Waals surface area contributed by atoms with Gasteiger partial charge in [0, 0.05) is 20.6 Å². The van der Waals surface area contributed by atoms with Crippen molar-refractivity contribution in [2.75, 3.05) is 40.3 Å². The second-order valence-electron chi connectivity index (χ2n) is 3.55. The summed E-state index contributed by atoms with van der Waals surface area (Å²) in [4.78, 5) is 7.82. The van der Waals surface area contributed by atoms with Gasteiger partial charge in [-0.25, -0.2) is 0 Å². The van der Waals surface area contributed by atoms with Crippen molar-refractivity contribution in [2.24, 2.45) is 0 Å². The molecule has 1 heterocycles. The summed E-state index contributed by atoms with van der Waals surface area (Å²) < 4.78 is 0. The molecule has 1 fully saturated rings. The highest BCUT2D eigenvalue weighted by Gasteiger charge is 2.08. The lowest BCUT2D eigenvalue weighted by Crippen LogP contribution is -2.33. The van der Waals surface area contributed by atoms with Gasteiger partial charge in [0.25, 0.3) is 0 Å². The summed E-state index contributed by atoms with van der Waals surface area (Å²) in [6.45, 7) is 4.43. The van der Waals surface area contributed by atoms with Crippen LogP contribution in [0, 0.1) is 0 Å². The molecule has 0 atom stereocenters. The van der Waals surface area contributed by atoms with E-state index in [0.29, 0.717) is 0 Å². The van der Waals surface area contributed by atoms with Gasteiger partial charge in [0.05, 0.1) is 6.61 Å².